The molecular weight excluding hydrogens is 202 g/mol. The predicted molar refractivity (Wildman–Crippen MR) is 63.2 cm³/mol. The van der Waals surface area contributed by atoms with Gasteiger partial charge >= 0.3 is 0 Å². The first kappa shape index (κ1) is 10.5. The van der Waals surface area contributed by atoms with Crippen molar-refractivity contribution in [2.24, 2.45) is 0 Å². The fourth-order valence-electron chi connectivity index (χ4n) is 1.55. The lowest BCUT2D eigenvalue weighted by molar-refractivity contribution is -0.114. The fraction of sp³-hybridized carbons (Fsp3) is 0.250. The molecule has 0 atom stereocenters. The lowest BCUT2D eigenvalue weighted by Crippen LogP contribution is -2.11. The molecule has 4 heteroatoms. The van der Waals surface area contributed by atoms with Crippen molar-refractivity contribution in [2.45, 2.75) is 20.3 Å². The molecule has 2 aromatic rings. The molecule has 0 radical (unpaired) electrons. The van der Waals surface area contributed by atoms with Crippen molar-refractivity contribution in [3.63, 3.8) is 0 Å². The Balaban J connectivity index is 2.58. The van der Waals surface area contributed by atoms with E-state index in [1.54, 1.807) is 0 Å². The van der Waals surface area contributed by atoms with Crippen LogP contribution in [0.15, 0.2) is 24.3 Å². The molecule has 0 saturated heterocycles. The Morgan fingerprint density at radius 2 is 1.88 bits per heavy atom. The largest absolute Gasteiger partial charge is 0.309 e. The minimum absolute atomic E-state index is 0.126. The summed E-state index contributed by atoms with van der Waals surface area (Å²) in [5.74, 6) is 0.438. The number of para-hydroxylation sites is 2. The average Bonchev–Trinajstić information content (AvgIpc) is 2.27. The summed E-state index contributed by atoms with van der Waals surface area (Å²) < 4.78 is 0. The number of nitrogens with one attached hydrogen (secondary N) is 1. The summed E-state index contributed by atoms with van der Waals surface area (Å²) in [7, 11) is 0. The van der Waals surface area contributed by atoms with Gasteiger partial charge < -0.3 is 5.32 Å². The van der Waals surface area contributed by atoms with Gasteiger partial charge in [0.05, 0.1) is 16.7 Å². The number of nitrogens with zero attached hydrogens (tertiary/aromatic N) is 2. The first-order valence-electron chi connectivity index (χ1n) is 5.24. The zero-order chi connectivity index (χ0) is 11.5. The summed E-state index contributed by atoms with van der Waals surface area (Å²) in [5.41, 5.74) is 2.46. The molecule has 0 fully saturated rings. The molecule has 0 unspecified atom stereocenters. The van der Waals surface area contributed by atoms with Crippen molar-refractivity contribution in [2.75, 3.05) is 5.32 Å². The zero-order valence-corrected chi connectivity index (χ0v) is 9.32. The number of hydrogen-bond donors (Lipinski definition) is 1. The quantitative estimate of drug-likeness (QED) is 0.835. The Morgan fingerprint density at radius 1 is 1.25 bits per heavy atom. The SMILES string of the molecule is CCc1nc2ccccc2nc1NC(C)=O. The van der Waals surface area contributed by atoms with Gasteiger partial charge in [-0.2, -0.15) is 0 Å². The monoisotopic (exact) mass is 215 g/mol. The van der Waals surface area contributed by atoms with E-state index < -0.39 is 0 Å². The number of benzene rings is 1. The fourth-order valence-corrected chi connectivity index (χ4v) is 1.55. The minimum atomic E-state index is -0.126. The van der Waals surface area contributed by atoms with Crippen LogP contribution in [-0.2, 0) is 11.2 Å². The van der Waals surface area contributed by atoms with E-state index in [2.05, 4.69) is 15.3 Å². The minimum Gasteiger partial charge on any atom is -0.309 e. The van der Waals surface area contributed by atoms with Crippen LogP contribution in [0.25, 0.3) is 11.0 Å². The molecule has 0 aliphatic carbocycles. The number of fused-ring (bicyclic) bond motifs is 1. The van der Waals surface area contributed by atoms with Crippen LogP contribution in [0.5, 0.6) is 0 Å². The third kappa shape index (κ3) is 2.00. The van der Waals surface area contributed by atoms with Crippen LogP contribution < -0.4 is 5.32 Å². The van der Waals surface area contributed by atoms with Gasteiger partial charge in [-0.05, 0) is 18.6 Å². The molecule has 0 saturated carbocycles. The molecule has 1 heterocycles. The molecule has 4 nitrogen and oxygen atoms in total. The lowest BCUT2D eigenvalue weighted by Gasteiger charge is -2.07. The van der Waals surface area contributed by atoms with Crippen LogP contribution in [0.2, 0.25) is 0 Å². The van der Waals surface area contributed by atoms with Crippen LogP contribution in [0, 0.1) is 0 Å². The van der Waals surface area contributed by atoms with Crippen LogP contribution >= 0.6 is 0 Å². The number of aryl methyl sites for hydroxylation is 1. The summed E-state index contributed by atoms with van der Waals surface area (Å²) in [6.45, 7) is 3.46. The van der Waals surface area contributed by atoms with Gasteiger partial charge in [-0.25, -0.2) is 9.97 Å². The van der Waals surface area contributed by atoms with Gasteiger partial charge in [-0.1, -0.05) is 19.1 Å². The summed E-state index contributed by atoms with van der Waals surface area (Å²) in [6, 6.07) is 7.63. The molecule has 0 aliphatic heterocycles. The third-order valence-electron chi connectivity index (χ3n) is 2.27. The molecule has 1 aromatic carbocycles. The van der Waals surface area contributed by atoms with Gasteiger partial charge in [0, 0.05) is 6.92 Å². The summed E-state index contributed by atoms with van der Waals surface area (Å²) in [6.07, 6.45) is 0.743. The maximum Gasteiger partial charge on any atom is 0.222 e. The van der Waals surface area contributed by atoms with E-state index in [1.165, 1.54) is 6.92 Å². The highest BCUT2D eigenvalue weighted by Crippen LogP contribution is 2.16. The molecule has 1 amide bonds. The normalized spacial score (nSPS) is 10.4. The maximum atomic E-state index is 11.0. The van der Waals surface area contributed by atoms with Crippen molar-refractivity contribution in [1.82, 2.24) is 9.97 Å². The van der Waals surface area contributed by atoms with Gasteiger partial charge in [0.25, 0.3) is 0 Å². The van der Waals surface area contributed by atoms with Gasteiger partial charge in [0.2, 0.25) is 5.91 Å². The second-order valence-electron chi connectivity index (χ2n) is 3.54. The van der Waals surface area contributed by atoms with Crippen LogP contribution in [0.1, 0.15) is 19.5 Å². The average molecular weight is 215 g/mol. The number of amides is 1. The van der Waals surface area contributed by atoms with E-state index in [-0.39, 0.29) is 5.91 Å². The molecule has 2 rings (SSSR count). The number of rotatable bonds is 2. The van der Waals surface area contributed by atoms with Gasteiger partial charge in [-0.15, -0.1) is 0 Å². The molecule has 0 aliphatic rings. The van der Waals surface area contributed by atoms with Crippen molar-refractivity contribution in [3.05, 3.63) is 30.0 Å². The number of aromatic nitrogens is 2. The van der Waals surface area contributed by atoms with E-state index in [4.69, 9.17) is 0 Å². The van der Waals surface area contributed by atoms with E-state index in [0.717, 1.165) is 23.1 Å². The van der Waals surface area contributed by atoms with E-state index in [9.17, 15) is 4.79 Å². The van der Waals surface area contributed by atoms with E-state index in [0.29, 0.717) is 5.82 Å². The first-order chi connectivity index (χ1) is 7.70. The number of hydrogen-bond acceptors (Lipinski definition) is 3. The standard InChI is InChI=1S/C12H13N3O/c1-3-9-12(13-8(2)16)15-11-7-5-4-6-10(11)14-9/h4-7H,3H2,1-2H3,(H,13,15,16). The van der Waals surface area contributed by atoms with Crippen LogP contribution in [0.3, 0.4) is 0 Å². The Hall–Kier alpha value is -1.97. The topological polar surface area (TPSA) is 54.9 Å². The number of anilines is 1. The number of carbonyl (C=O) groups is 1. The molecule has 1 aromatic heterocycles. The van der Waals surface area contributed by atoms with E-state index >= 15 is 0 Å². The predicted octanol–water partition coefficient (Wildman–Crippen LogP) is 2.15. The Morgan fingerprint density at radius 3 is 2.44 bits per heavy atom. The van der Waals surface area contributed by atoms with Crippen molar-refractivity contribution >= 4 is 22.8 Å². The van der Waals surface area contributed by atoms with Crippen molar-refractivity contribution in [1.29, 1.82) is 0 Å². The van der Waals surface area contributed by atoms with Crippen LogP contribution in [-0.4, -0.2) is 15.9 Å². The lowest BCUT2D eigenvalue weighted by atomic mass is 10.2. The maximum absolute atomic E-state index is 11.0. The number of carbonyl (C=O) groups excluding carboxylic acids is 1. The Kier molecular flexibility index (Phi) is 2.81. The molecule has 82 valence electrons. The summed E-state index contributed by atoms with van der Waals surface area (Å²) >= 11 is 0. The summed E-state index contributed by atoms with van der Waals surface area (Å²) in [4.78, 5) is 19.9. The molecule has 0 bridgehead atoms. The van der Waals surface area contributed by atoms with Crippen molar-refractivity contribution in [3.8, 4) is 0 Å². The van der Waals surface area contributed by atoms with Crippen molar-refractivity contribution < 1.29 is 4.79 Å². The van der Waals surface area contributed by atoms with Crippen LogP contribution in [0.4, 0.5) is 5.82 Å². The van der Waals surface area contributed by atoms with Gasteiger partial charge in [-0.3, -0.25) is 4.79 Å². The molecule has 1 N–H and O–H groups in total. The molecule has 16 heavy (non-hydrogen) atoms. The highest BCUT2D eigenvalue weighted by atomic mass is 16.1. The third-order valence-corrected chi connectivity index (χ3v) is 2.27. The highest BCUT2D eigenvalue weighted by Gasteiger charge is 2.07. The van der Waals surface area contributed by atoms with Gasteiger partial charge in [0.1, 0.15) is 0 Å². The molecular formula is C12H13N3O. The van der Waals surface area contributed by atoms with E-state index in [1.807, 2.05) is 31.2 Å². The zero-order valence-electron chi connectivity index (χ0n) is 9.32. The Bertz CT molecular complexity index is 537. The summed E-state index contributed by atoms with van der Waals surface area (Å²) in [5, 5.41) is 2.70. The molecule has 0 spiro atoms. The second kappa shape index (κ2) is 4.26. The first-order valence-corrected chi connectivity index (χ1v) is 5.24. The Labute approximate surface area is 93.7 Å². The van der Waals surface area contributed by atoms with Gasteiger partial charge in [0.15, 0.2) is 5.82 Å². The second-order valence-corrected chi connectivity index (χ2v) is 3.54. The highest BCUT2D eigenvalue weighted by molar-refractivity contribution is 5.89. The smallest absolute Gasteiger partial charge is 0.222 e.